The quantitative estimate of drug-likeness (QED) is 0.174. The van der Waals surface area contributed by atoms with Gasteiger partial charge in [0.15, 0.2) is 0 Å². The number of benzene rings is 1. The Labute approximate surface area is 260 Å². The number of nitrogens with zero attached hydrogens (tertiary/aromatic N) is 6. The first-order valence-electron chi connectivity index (χ1n) is 13.9. The molecule has 1 saturated heterocycles. The molecule has 0 spiro atoms. The lowest BCUT2D eigenvalue weighted by molar-refractivity contribution is -0.0271. The molecule has 0 bridgehead atoms. The van der Waals surface area contributed by atoms with E-state index < -0.39 is 73.7 Å². The van der Waals surface area contributed by atoms with Gasteiger partial charge in [-0.05, 0) is 12.1 Å². The third kappa shape index (κ3) is 6.63. The number of allylic oxidation sites excluding steroid dienone is 4. The maximum Gasteiger partial charge on any atom is 0.530 e. The van der Waals surface area contributed by atoms with Gasteiger partial charge in [0.05, 0.1) is 44.8 Å². The van der Waals surface area contributed by atoms with Crippen molar-refractivity contribution in [2.45, 2.75) is 39.3 Å². The van der Waals surface area contributed by atoms with Crippen molar-refractivity contribution in [3.63, 3.8) is 0 Å². The zero-order valence-electron chi connectivity index (χ0n) is 24.9. The number of hydrogen-bond donors (Lipinski definition) is 0. The normalized spacial score (nSPS) is 15.1. The van der Waals surface area contributed by atoms with Crippen LogP contribution in [0.3, 0.4) is 0 Å². The van der Waals surface area contributed by atoms with Crippen LogP contribution in [0, 0.1) is 5.41 Å². The van der Waals surface area contributed by atoms with E-state index in [0.29, 0.717) is 0 Å². The molecule has 0 N–H and O–H groups in total. The monoisotopic (exact) mass is 656 g/mol. The van der Waals surface area contributed by atoms with Gasteiger partial charge in [0.25, 0.3) is 0 Å². The highest BCUT2D eigenvalue weighted by Gasteiger charge is 2.46. The van der Waals surface area contributed by atoms with E-state index in [1.165, 1.54) is 36.4 Å². The van der Waals surface area contributed by atoms with E-state index in [-0.39, 0.29) is 31.9 Å². The van der Waals surface area contributed by atoms with Gasteiger partial charge in [0.2, 0.25) is 0 Å². The average Bonchev–Trinajstić information content (AvgIpc) is 3.04. The molecule has 3 heterocycles. The molecule has 0 unspecified atom stereocenters. The third-order valence-corrected chi connectivity index (χ3v) is 8.35. The van der Waals surface area contributed by atoms with Crippen LogP contribution in [0.5, 0.6) is 5.75 Å². The smallest absolute Gasteiger partial charge is 0.404 e. The minimum absolute atomic E-state index is 0.165. The molecule has 2 aromatic heterocycles. The molecular formula is C29H33N6O10P. The molecule has 1 fully saturated rings. The first kappa shape index (κ1) is 33.8. The van der Waals surface area contributed by atoms with E-state index in [1.807, 2.05) is 0 Å². The zero-order chi connectivity index (χ0) is 33.6. The van der Waals surface area contributed by atoms with Crippen molar-refractivity contribution in [2.24, 2.45) is 5.41 Å². The second kappa shape index (κ2) is 13.9. The Morgan fingerprint density at radius 3 is 1.26 bits per heavy atom. The van der Waals surface area contributed by atoms with Crippen molar-refractivity contribution in [2.75, 3.05) is 13.2 Å². The maximum atomic E-state index is 13.5. The number of phosphoric acid groups is 1. The maximum absolute atomic E-state index is 13.5. The molecule has 16 nitrogen and oxygen atoms in total. The second-order valence-electron chi connectivity index (χ2n) is 10.4. The molecule has 1 aromatic carbocycles. The predicted octanol–water partition coefficient (Wildman–Crippen LogP) is 0.321. The SMILES string of the molecule is C=CCn1c(=O)n(CC=C)c(=O)n(CC2(Cn3c(=O)n(CC=C)c(=O)n(CC=C)c3=O)COP(=O)(Oc3ccccc3)OC2)c1=O. The molecule has 1 aliphatic heterocycles. The van der Waals surface area contributed by atoms with E-state index in [0.717, 1.165) is 27.4 Å². The fraction of sp³-hybridized carbons (Fsp3) is 0.310. The fourth-order valence-corrected chi connectivity index (χ4v) is 6.28. The number of phosphoric ester groups is 1. The summed E-state index contributed by atoms with van der Waals surface area (Å²) in [5, 5.41) is 0. The molecule has 17 heteroatoms. The summed E-state index contributed by atoms with van der Waals surface area (Å²) in [6.07, 6.45) is 5.17. The molecule has 3 aromatic rings. The van der Waals surface area contributed by atoms with E-state index in [4.69, 9.17) is 13.6 Å². The van der Waals surface area contributed by atoms with Gasteiger partial charge in [-0.3, -0.25) is 9.05 Å². The Hall–Kier alpha value is -5.05. The van der Waals surface area contributed by atoms with Crippen molar-refractivity contribution in [3.05, 3.63) is 144 Å². The summed E-state index contributed by atoms with van der Waals surface area (Å²) >= 11 is 0. The first-order valence-corrected chi connectivity index (χ1v) is 15.4. The Bertz CT molecular complexity index is 1860. The van der Waals surface area contributed by atoms with Crippen LogP contribution in [0.25, 0.3) is 0 Å². The topological polar surface area (TPSA) is 177 Å². The molecule has 4 rings (SSSR count). The number of hydrogen-bond acceptors (Lipinski definition) is 10. The summed E-state index contributed by atoms with van der Waals surface area (Å²) in [6.45, 7) is 11.0. The Morgan fingerprint density at radius 1 is 0.609 bits per heavy atom. The molecule has 1 aliphatic rings. The summed E-state index contributed by atoms with van der Waals surface area (Å²) in [5.74, 6) is 0.165. The molecule has 244 valence electrons. The van der Waals surface area contributed by atoms with E-state index in [1.54, 1.807) is 18.2 Å². The first-order chi connectivity index (χ1) is 21.9. The lowest BCUT2D eigenvalue weighted by atomic mass is 9.89. The van der Waals surface area contributed by atoms with Gasteiger partial charge >= 0.3 is 42.0 Å². The van der Waals surface area contributed by atoms with Crippen molar-refractivity contribution < 1.29 is 18.1 Å². The minimum Gasteiger partial charge on any atom is -0.404 e. The summed E-state index contributed by atoms with van der Waals surface area (Å²) in [6, 6.07) is 8.01. The van der Waals surface area contributed by atoms with Gasteiger partial charge in [-0.2, -0.15) is 0 Å². The molecule has 0 amide bonds. The van der Waals surface area contributed by atoms with Gasteiger partial charge in [-0.15, -0.1) is 26.3 Å². The van der Waals surface area contributed by atoms with E-state index in [2.05, 4.69) is 26.3 Å². The average molecular weight is 657 g/mol. The minimum atomic E-state index is -4.27. The van der Waals surface area contributed by atoms with Crippen molar-refractivity contribution in [3.8, 4) is 5.75 Å². The largest absolute Gasteiger partial charge is 0.530 e. The van der Waals surface area contributed by atoms with Crippen molar-refractivity contribution in [1.82, 2.24) is 27.4 Å². The van der Waals surface area contributed by atoms with Crippen LogP contribution in [0.15, 0.2) is 110 Å². The summed E-state index contributed by atoms with van der Waals surface area (Å²) in [5.41, 5.74) is -7.51. The standard InChI is InChI=1S/C29H33N6O10P/c1-5-14-30-23(36)31(15-6-2)26(39)34(25(30)38)18-29(20-43-46(42,44-21-29)45-22-12-10-9-11-13-22)19-35-27(40)32(16-7-3)24(37)33(17-8-4)28(35)41/h5-13H,1-4,14-21H2. The van der Waals surface area contributed by atoms with Crippen LogP contribution in [0.2, 0.25) is 0 Å². The molecule has 0 saturated carbocycles. The summed E-state index contributed by atoms with van der Waals surface area (Å²) in [4.78, 5) is 80.0. The van der Waals surface area contributed by atoms with E-state index >= 15 is 0 Å². The number of para-hydroxylation sites is 1. The lowest BCUT2D eigenvalue weighted by Crippen LogP contribution is -2.60. The molecular weight excluding hydrogens is 623 g/mol. The van der Waals surface area contributed by atoms with Gasteiger partial charge in [0.1, 0.15) is 5.75 Å². The van der Waals surface area contributed by atoms with Crippen LogP contribution in [0.4, 0.5) is 0 Å². The highest BCUT2D eigenvalue weighted by atomic mass is 31.2. The highest BCUT2D eigenvalue weighted by molar-refractivity contribution is 7.49. The van der Waals surface area contributed by atoms with Crippen LogP contribution in [-0.2, 0) is 52.9 Å². The van der Waals surface area contributed by atoms with Gasteiger partial charge in [0, 0.05) is 13.1 Å². The molecule has 0 aliphatic carbocycles. The van der Waals surface area contributed by atoms with Gasteiger partial charge in [-0.25, -0.2) is 60.7 Å². The Morgan fingerprint density at radius 2 is 0.935 bits per heavy atom. The van der Waals surface area contributed by atoms with Crippen LogP contribution in [-0.4, -0.2) is 40.6 Å². The van der Waals surface area contributed by atoms with Gasteiger partial charge in [-0.1, -0.05) is 42.5 Å². The highest BCUT2D eigenvalue weighted by Crippen LogP contribution is 2.54. The molecule has 0 radical (unpaired) electrons. The number of aromatic nitrogens is 6. The predicted molar refractivity (Wildman–Crippen MR) is 168 cm³/mol. The zero-order valence-corrected chi connectivity index (χ0v) is 25.8. The summed E-state index contributed by atoms with van der Waals surface area (Å²) < 4.78 is 34.7. The fourth-order valence-electron chi connectivity index (χ4n) is 4.85. The van der Waals surface area contributed by atoms with Gasteiger partial charge < -0.3 is 4.52 Å². The Balaban J connectivity index is 1.91. The third-order valence-electron chi connectivity index (χ3n) is 7.02. The second-order valence-corrected chi connectivity index (χ2v) is 12.0. The van der Waals surface area contributed by atoms with E-state index in [9.17, 15) is 33.3 Å². The number of rotatable bonds is 14. The van der Waals surface area contributed by atoms with Crippen molar-refractivity contribution >= 4 is 7.82 Å². The van der Waals surface area contributed by atoms with Crippen LogP contribution < -0.4 is 38.7 Å². The van der Waals surface area contributed by atoms with Crippen LogP contribution in [0.1, 0.15) is 0 Å². The Kier molecular flexibility index (Phi) is 10.2. The summed E-state index contributed by atoms with van der Waals surface area (Å²) in [7, 11) is -4.27. The molecule has 0 atom stereocenters. The van der Waals surface area contributed by atoms with Crippen LogP contribution >= 0.6 is 7.82 Å². The van der Waals surface area contributed by atoms with Crippen molar-refractivity contribution in [1.29, 1.82) is 0 Å². The lowest BCUT2D eigenvalue weighted by Gasteiger charge is -2.39. The molecule has 46 heavy (non-hydrogen) atoms.